The Morgan fingerprint density at radius 3 is 2.30 bits per heavy atom. The summed E-state index contributed by atoms with van der Waals surface area (Å²) in [7, 11) is -4.02. The van der Waals surface area contributed by atoms with Gasteiger partial charge in [-0.05, 0) is 100 Å². The minimum Gasteiger partial charge on any atom is -0.494 e. The van der Waals surface area contributed by atoms with Gasteiger partial charge in [-0.3, -0.25) is 9.10 Å². The molecule has 40 heavy (non-hydrogen) atoms. The van der Waals surface area contributed by atoms with E-state index in [0.717, 1.165) is 26.9 Å². The lowest BCUT2D eigenvalue weighted by Gasteiger charge is -2.24. The van der Waals surface area contributed by atoms with Crippen molar-refractivity contribution < 1.29 is 17.9 Å². The third-order valence-electron chi connectivity index (χ3n) is 6.67. The molecule has 0 saturated carbocycles. The van der Waals surface area contributed by atoms with Gasteiger partial charge in [-0.2, -0.15) is 5.10 Å². The summed E-state index contributed by atoms with van der Waals surface area (Å²) in [5.74, 6) is 0.0309. The van der Waals surface area contributed by atoms with Gasteiger partial charge in [-0.15, -0.1) is 0 Å². The zero-order valence-corrected chi connectivity index (χ0v) is 24.2. The summed E-state index contributed by atoms with van der Waals surface area (Å²) in [5, 5.41) is 4.14. The first-order valence-corrected chi connectivity index (χ1v) is 14.4. The van der Waals surface area contributed by atoms with E-state index in [1.165, 1.54) is 23.3 Å². The number of carbonyl (C=O) groups excluding carboxylic acids is 1. The van der Waals surface area contributed by atoms with E-state index in [-0.39, 0.29) is 4.90 Å². The number of hydrazone groups is 1. The molecule has 1 heterocycles. The first kappa shape index (κ1) is 28.6. The normalized spacial score (nSPS) is 11.5. The Labute approximate surface area is 236 Å². The van der Waals surface area contributed by atoms with Crippen molar-refractivity contribution >= 4 is 27.8 Å². The van der Waals surface area contributed by atoms with Gasteiger partial charge in [0, 0.05) is 22.6 Å². The zero-order chi connectivity index (χ0) is 28.9. The molecule has 0 atom stereocenters. The third kappa shape index (κ3) is 6.26. The minimum atomic E-state index is -4.02. The first-order valence-electron chi connectivity index (χ1n) is 13.0. The fourth-order valence-electron chi connectivity index (χ4n) is 4.43. The number of ether oxygens (including phenoxy) is 1. The first-order chi connectivity index (χ1) is 19.1. The molecule has 0 saturated heterocycles. The van der Waals surface area contributed by atoms with E-state index < -0.39 is 22.5 Å². The Hall–Kier alpha value is -4.37. The molecule has 0 spiro atoms. The summed E-state index contributed by atoms with van der Waals surface area (Å²) < 4.78 is 35.7. The van der Waals surface area contributed by atoms with Gasteiger partial charge in [0.05, 0.1) is 23.4 Å². The molecule has 0 aliphatic rings. The molecular formula is C31H34N4O4S. The van der Waals surface area contributed by atoms with Gasteiger partial charge in [-0.1, -0.05) is 24.3 Å². The number of anilines is 1. The summed E-state index contributed by atoms with van der Waals surface area (Å²) in [4.78, 5) is 13.0. The number of amides is 1. The maximum Gasteiger partial charge on any atom is 0.264 e. The lowest BCUT2D eigenvalue weighted by Crippen LogP contribution is -2.39. The molecule has 4 aromatic rings. The van der Waals surface area contributed by atoms with Crippen molar-refractivity contribution in [2.75, 3.05) is 17.5 Å². The van der Waals surface area contributed by atoms with Crippen molar-refractivity contribution in [2.45, 2.75) is 39.5 Å². The number of benzene rings is 3. The zero-order valence-electron chi connectivity index (χ0n) is 23.4. The molecule has 208 valence electrons. The molecule has 0 aliphatic heterocycles. The number of aromatic nitrogens is 1. The fourth-order valence-corrected chi connectivity index (χ4v) is 5.87. The topological polar surface area (TPSA) is 93.0 Å². The quantitative estimate of drug-likeness (QED) is 0.207. The third-order valence-corrected chi connectivity index (χ3v) is 8.45. The largest absolute Gasteiger partial charge is 0.494 e. The number of nitrogens with one attached hydrogen (secondary N) is 1. The van der Waals surface area contributed by atoms with E-state index in [0.29, 0.717) is 18.0 Å². The second-order valence-electron chi connectivity index (χ2n) is 9.48. The number of nitrogens with zero attached hydrogens (tertiary/aromatic N) is 3. The molecule has 1 aromatic heterocycles. The molecule has 9 heteroatoms. The molecule has 1 N–H and O–H groups in total. The average molecular weight is 559 g/mol. The van der Waals surface area contributed by atoms with Crippen LogP contribution in [0, 0.1) is 27.7 Å². The smallest absolute Gasteiger partial charge is 0.264 e. The molecule has 0 radical (unpaired) electrons. The Morgan fingerprint density at radius 2 is 1.65 bits per heavy atom. The lowest BCUT2D eigenvalue weighted by atomic mass is 10.1. The van der Waals surface area contributed by atoms with E-state index in [1.807, 2.05) is 26.8 Å². The molecule has 1 amide bonds. The van der Waals surface area contributed by atoms with Crippen molar-refractivity contribution in [3.05, 3.63) is 107 Å². The summed E-state index contributed by atoms with van der Waals surface area (Å²) in [6.07, 6.45) is 1.57. The van der Waals surface area contributed by atoms with Crippen LogP contribution >= 0.6 is 0 Å². The number of hydrogen-bond donors (Lipinski definition) is 1. The van der Waals surface area contributed by atoms with Crippen LogP contribution in [0.3, 0.4) is 0 Å². The highest BCUT2D eigenvalue weighted by molar-refractivity contribution is 7.92. The molecule has 0 aliphatic carbocycles. The monoisotopic (exact) mass is 558 g/mol. The molecule has 8 nitrogen and oxygen atoms in total. The summed E-state index contributed by atoms with van der Waals surface area (Å²) in [6.45, 7) is 10.1. The van der Waals surface area contributed by atoms with Crippen LogP contribution in [0.2, 0.25) is 0 Å². The summed E-state index contributed by atoms with van der Waals surface area (Å²) in [5.41, 5.74) is 9.16. The standard InChI is InChI=1S/C31H34N4O4S/c1-6-39-29-16-14-27(15-17-29)34(40(37,38)30-10-8-7-9-11-30)21-31(36)33-32-20-26-19-24(4)35(25(26)5)28-13-12-22(2)23(3)18-28/h7-20H,6,21H2,1-5H3,(H,33,36)/b32-20+. The van der Waals surface area contributed by atoms with Crippen molar-refractivity contribution in [3.8, 4) is 11.4 Å². The van der Waals surface area contributed by atoms with Crippen molar-refractivity contribution in [3.63, 3.8) is 0 Å². The van der Waals surface area contributed by atoms with Gasteiger partial charge < -0.3 is 9.30 Å². The van der Waals surface area contributed by atoms with E-state index in [2.05, 4.69) is 47.1 Å². The van der Waals surface area contributed by atoms with E-state index >= 15 is 0 Å². The van der Waals surface area contributed by atoms with Crippen molar-refractivity contribution in [1.82, 2.24) is 9.99 Å². The maximum absolute atomic E-state index is 13.5. The van der Waals surface area contributed by atoms with Gasteiger partial charge in [-0.25, -0.2) is 13.8 Å². The lowest BCUT2D eigenvalue weighted by molar-refractivity contribution is -0.119. The van der Waals surface area contributed by atoms with E-state index in [9.17, 15) is 13.2 Å². The highest BCUT2D eigenvalue weighted by Crippen LogP contribution is 2.26. The second-order valence-corrected chi connectivity index (χ2v) is 11.3. The second kappa shape index (κ2) is 12.2. The van der Waals surface area contributed by atoms with Crippen LogP contribution in [0.4, 0.5) is 5.69 Å². The molecule has 4 rings (SSSR count). The average Bonchev–Trinajstić information content (AvgIpc) is 3.22. The molecule has 3 aromatic carbocycles. The Balaban J connectivity index is 1.55. The number of carbonyl (C=O) groups is 1. The van der Waals surface area contributed by atoms with Crippen molar-refractivity contribution in [1.29, 1.82) is 0 Å². The maximum atomic E-state index is 13.5. The Kier molecular flexibility index (Phi) is 8.74. The highest BCUT2D eigenvalue weighted by atomic mass is 32.2. The number of hydrogen-bond acceptors (Lipinski definition) is 5. The van der Waals surface area contributed by atoms with Gasteiger partial charge >= 0.3 is 0 Å². The van der Waals surface area contributed by atoms with Crippen LogP contribution in [0.25, 0.3) is 5.69 Å². The van der Waals surface area contributed by atoms with Gasteiger partial charge in [0.1, 0.15) is 12.3 Å². The van der Waals surface area contributed by atoms with Gasteiger partial charge in [0.15, 0.2) is 0 Å². The van der Waals surface area contributed by atoms with Crippen LogP contribution in [-0.4, -0.2) is 38.3 Å². The molecular weight excluding hydrogens is 524 g/mol. The number of sulfonamides is 1. The molecule has 0 unspecified atom stereocenters. The van der Waals surface area contributed by atoms with Gasteiger partial charge in [0.2, 0.25) is 0 Å². The van der Waals surface area contributed by atoms with Crippen LogP contribution in [0.5, 0.6) is 5.75 Å². The van der Waals surface area contributed by atoms with Crippen molar-refractivity contribution in [2.24, 2.45) is 5.10 Å². The molecule has 0 fully saturated rings. The minimum absolute atomic E-state index is 0.0824. The molecule has 0 bridgehead atoms. The highest BCUT2D eigenvalue weighted by Gasteiger charge is 2.27. The van der Waals surface area contributed by atoms with Crippen LogP contribution < -0.4 is 14.5 Å². The van der Waals surface area contributed by atoms with E-state index in [4.69, 9.17) is 4.74 Å². The summed E-state index contributed by atoms with van der Waals surface area (Å²) in [6, 6.07) is 22.9. The SMILES string of the molecule is CCOc1ccc(N(CC(=O)N/N=C/c2cc(C)n(-c3ccc(C)c(C)c3)c2C)S(=O)(=O)c2ccccc2)cc1. The van der Waals surface area contributed by atoms with E-state index in [1.54, 1.807) is 48.7 Å². The van der Waals surface area contributed by atoms with Crippen LogP contribution in [0.15, 0.2) is 88.9 Å². The predicted molar refractivity (Wildman–Crippen MR) is 159 cm³/mol. The summed E-state index contributed by atoms with van der Waals surface area (Å²) >= 11 is 0. The van der Waals surface area contributed by atoms with Crippen LogP contribution in [0.1, 0.15) is 35.0 Å². The van der Waals surface area contributed by atoms with Gasteiger partial charge in [0.25, 0.3) is 15.9 Å². The predicted octanol–water partition coefficient (Wildman–Crippen LogP) is 5.46. The number of rotatable bonds is 10. The van der Waals surface area contributed by atoms with Crippen LogP contribution in [-0.2, 0) is 14.8 Å². The fraction of sp³-hybridized carbons (Fsp3) is 0.226. The Morgan fingerprint density at radius 1 is 0.950 bits per heavy atom. The Bertz CT molecular complexity index is 1630. The number of aryl methyl sites for hydroxylation is 3.